The molecular weight excluding hydrogens is 358 g/mol. The van der Waals surface area contributed by atoms with E-state index in [0.717, 1.165) is 35.7 Å². The maximum absolute atomic E-state index is 12.8. The van der Waals surface area contributed by atoms with E-state index in [2.05, 4.69) is 28.8 Å². The Balaban J connectivity index is 1.46. The SMILES string of the molecule is COCCn1c(SCC(=O)N2CCc3ccccc3C2)nc2ccccc21. The summed E-state index contributed by atoms with van der Waals surface area (Å²) in [6.45, 7) is 2.83. The maximum Gasteiger partial charge on any atom is 0.233 e. The second-order valence-corrected chi connectivity index (χ2v) is 7.59. The number of hydrogen-bond donors (Lipinski definition) is 0. The van der Waals surface area contributed by atoms with Crippen LogP contribution in [0.5, 0.6) is 0 Å². The Labute approximate surface area is 163 Å². The molecule has 0 fully saturated rings. The second kappa shape index (κ2) is 8.15. The van der Waals surface area contributed by atoms with Gasteiger partial charge in [-0.25, -0.2) is 4.98 Å². The highest BCUT2D eigenvalue weighted by atomic mass is 32.2. The zero-order valence-corrected chi connectivity index (χ0v) is 16.2. The maximum atomic E-state index is 12.8. The van der Waals surface area contributed by atoms with Crippen LogP contribution in [0.1, 0.15) is 11.1 Å². The molecule has 6 heteroatoms. The van der Waals surface area contributed by atoms with Crippen LogP contribution in [0.15, 0.2) is 53.7 Å². The summed E-state index contributed by atoms with van der Waals surface area (Å²) >= 11 is 1.51. The fourth-order valence-corrected chi connectivity index (χ4v) is 4.43. The summed E-state index contributed by atoms with van der Waals surface area (Å²) in [5.74, 6) is 0.568. The Bertz CT molecular complexity index is 954. The summed E-state index contributed by atoms with van der Waals surface area (Å²) in [6.07, 6.45) is 0.929. The molecule has 27 heavy (non-hydrogen) atoms. The molecule has 1 aliphatic rings. The number of para-hydroxylation sites is 2. The zero-order valence-electron chi connectivity index (χ0n) is 15.4. The summed E-state index contributed by atoms with van der Waals surface area (Å²) in [5.41, 5.74) is 4.65. The van der Waals surface area contributed by atoms with Gasteiger partial charge >= 0.3 is 0 Å². The van der Waals surface area contributed by atoms with Gasteiger partial charge in [-0.3, -0.25) is 4.79 Å². The van der Waals surface area contributed by atoms with Crippen LogP contribution in [0.3, 0.4) is 0 Å². The first-order valence-corrected chi connectivity index (χ1v) is 10.2. The predicted octanol–water partition coefficient (Wildman–Crippen LogP) is 3.36. The van der Waals surface area contributed by atoms with Crippen LogP contribution in [0.2, 0.25) is 0 Å². The predicted molar refractivity (Wildman–Crippen MR) is 108 cm³/mol. The minimum absolute atomic E-state index is 0.167. The van der Waals surface area contributed by atoms with E-state index < -0.39 is 0 Å². The van der Waals surface area contributed by atoms with Crippen LogP contribution in [0.4, 0.5) is 0 Å². The van der Waals surface area contributed by atoms with Crippen molar-refractivity contribution in [3.63, 3.8) is 0 Å². The average molecular weight is 382 g/mol. The van der Waals surface area contributed by atoms with E-state index in [4.69, 9.17) is 9.72 Å². The summed E-state index contributed by atoms with van der Waals surface area (Å²) in [5, 5.41) is 0.874. The molecule has 0 atom stereocenters. The molecule has 5 nitrogen and oxygen atoms in total. The summed E-state index contributed by atoms with van der Waals surface area (Å²) < 4.78 is 7.38. The molecule has 0 N–H and O–H groups in total. The van der Waals surface area contributed by atoms with Gasteiger partial charge in [-0.05, 0) is 29.7 Å². The Kier molecular flexibility index (Phi) is 5.45. The lowest BCUT2D eigenvalue weighted by Gasteiger charge is -2.28. The number of carbonyl (C=O) groups is 1. The van der Waals surface area contributed by atoms with Gasteiger partial charge in [0.2, 0.25) is 5.91 Å². The van der Waals surface area contributed by atoms with Gasteiger partial charge in [0.15, 0.2) is 5.16 Å². The molecule has 2 heterocycles. The number of benzene rings is 2. The fourth-order valence-electron chi connectivity index (χ4n) is 3.49. The van der Waals surface area contributed by atoms with Gasteiger partial charge < -0.3 is 14.2 Å². The minimum atomic E-state index is 0.167. The third-order valence-electron chi connectivity index (χ3n) is 4.95. The Morgan fingerprint density at radius 1 is 1.15 bits per heavy atom. The van der Waals surface area contributed by atoms with E-state index >= 15 is 0 Å². The van der Waals surface area contributed by atoms with Crippen molar-refractivity contribution in [2.45, 2.75) is 24.7 Å². The highest BCUT2D eigenvalue weighted by Gasteiger charge is 2.21. The van der Waals surface area contributed by atoms with Crippen molar-refractivity contribution in [3.05, 3.63) is 59.7 Å². The number of carbonyl (C=O) groups excluding carboxylic acids is 1. The number of methoxy groups -OCH3 is 1. The monoisotopic (exact) mass is 381 g/mol. The van der Waals surface area contributed by atoms with E-state index in [0.29, 0.717) is 18.9 Å². The van der Waals surface area contributed by atoms with E-state index in [9.17, 15) is 4.79 Å². The number of imidazole rings is 1. The zero-order chi connectivity index (χ0) is 18.6. The lowest BCUT2D eigenvalue weighted by molar-refractivity contribution is -0.129. The largest absolute Gasteiger partial charge is 0.383 e. The topological polar surface area (TPSA) is 47.4 Å². The summed E-state index contributed by atoms with van der Waals surface area (Å²) in [6, 6.07) is 16.4. The number of ether oxygens (including phenoxy) is 1. The van der Waals surface area contributed by atoms with E-state index in [1.54, 1.807) is 7.11 Å². The molecule has 1 aliphatic heterocycles. The summed E-state index contributed by atoms with van der Waals surface area (Å²) in [7, 11) is 1.70. The molecule has 3 aromatic rings. The Hall–Kier alpha value is -2.31. The smallest absolute Gasteiger partial charge is 0.233 e. The van der Waals surface area contributed by atoms with Crippen molar-refractivity contribution in [1.82, 2.24) is 14.5 Å². The standard InChI is InChI=1S/C21H23N3O2S/c1-26-13-12-24-19-9-5-4-8-18(19)22-21(24)27-15-20(25)23-11-10-16-6-2-3-7-17(16)14-23/h2-9H,10-15H2,1H3. The molecule has 2 aromatic carbocycles. The van der Waals surface area contributed by atoms with Crippen LogP contribution in [-0.2, 0) is 29.0 Å². The number of thioether (sulfide) groups is 1. The highest BCUT2D eigenvalue weighted by molar-refractivity contribution is 7.99. The molecule has 4 rings (SSSR count). The van der Waals surface area contributed by atoms with Crippen molar-refractivity contribution in [2.24, 2.45) is 0 Å². The van der Waals surface area contributed by atoms with Gasteiger partial charge in [-0.2, -0.15) is 0 Å². The molecule has 0 saturated carbocycles. The molecular formula is C21H23N3O2S. The van der Waals surface area contributed by atoms with Gasteiger partial charge in [0.1, 0.15) is 0 Å². The molecule has 0 radical (unpaired) electrons. The van der Waals surface area contributed by atoms with Gasteiger partial charge in [-0.15, -0.1) is 0 Å². The third kappa shape index (κ3) is 3.87. The Morgan fingerprint density at radius 3 is 2.78 bits per heavy atom. The number of nitrogens with zero attached hydrogens (tertiary/aromatic N) is 3. The quantitative estimate of drug-likeness (QED) is 0.615. The molecule has 0 aliphatic carbocycles. The molecule has 1 amide bonds. The van der Waals surface area contributed by atoms with Crippen molar-refractivity contribution < 1.29 is 9.53 Å². The normalized spacial score (nSPS) is 13.7. The van der Waals surface area contributed by atoms with Crippen LogP contribution in [-0.4, -0.2) is 46.4 Å². The molecule has 1 aromatic heterocycles. The molecule has 0 bridgehead atoms. The molecule has 0 spiro atoms. The first kappa shape index (κ1) is 18.1. The van der Waals surface area contributed by atoms with Crippen LogP contribution < -0.4 is 0 Å². The first-order valence-electron chi connectivity index (χ1n) is 9.18. The number of rotatable bonds is 6. The van der Waals surface area contributed by atoms with Crippen molar-refractivity contribution in [3.8, 4) is 0 Å². The van der Waals surface area contributed by atoms with E-state index in [1.807, 2.05) is 29.2 Å². The van der Waals surface area contributed by atoms with Crippen molar-refractivity contribution in [1.29, 1.82) is 0 Å². The highest BCUT2D eigenvalue weighted by Crippen LogP contribution is 2.25. The van der Waals surface area contributed by atoms with Crippen LogP contribution >= 0.6 is 11.8 Å². The van der Waals surface area contributed by atoms with Gasteiger partial charge in [0.05, 0.1) is 23.4 Å². The number of hydrogen-bond acceptors (Lipinski definition) is 4. The third-order valence-corrected chi connectivity index (χ3v) is 5.91. The van der Waals surface area contributed by atoms with Crippen molar-refractivity contribution in [2.75, 3.05) is 26.0 Å². The van der Waals surface area contributed by atoms with E-state index in [1.165, 1.54) is 22.9 Å². The average Bonchev–Trinajstić information content (AvgIpc) is 3.07. The molecule has 0 unspecified atom stereocenters. The summed E-state index contributed by atoms with van der Waals surface area (Å²) in [4.78, 5) is 19.4. The van der Waals surface area contributed by atoms with Gasteiger partial charge in [0.25, 0.3) is 0 Å². The van der Waals surface area contributed by atoms with Gasteiger partial charge in [0, 0.05) is 26.7 Å². The van der Waals surface area contributed by atoms with Crippen LogP contribution in [0, 0.1) is 0 Å². The number of aromatic nitrogens is 2. The Morgan fingerprint density at radius 2 is 1.93 bits per heavy atom. The number of amides is 1. The molecule has 140 valence electrons. The van der Waals surface area contributed by atoms with Crippen LogP contribution in [0.25, 0.3) is 11.0 Å². The van der Waals surface area contributed by atoms with Gasteiger partial charge in [-0.1, -0.05) is 48.2 Å². The lowest BCUT2D eigenvalue weighted by atomic mass is 10.00. The fraction of sp³-hybridized carbons (Fsp3) is 0.333. The van der Waals surface area contributed by atoms with Crippen molar-refractivity contribution >= 4 is 28.7 Å². The first-order chi connectivity index (χ1) is 13.3. The second-order valence-electron chi connectivity index (χ2n) is 6.65. The van der Waals surface area contributed by atoms with E-state index in [-0.39, 0.29) is 5.91 Å². The lowest BCUT2D eigenvalue weighted by Crippen LogP contribution is -2.37. The molecule has 0 saturated heterocycles. The minimum Gasteiger partial charge on any atom is -0.383 e. The number of fused-ring (bicyclic) bond motifs is 2.